The van der Waals surface area contributed by atoms with Gasteiger partial charge in [-0.25, -0.2) is 0 Å². The van der Waals surface area contributed by atoms with Gasteiger partial charge in [0.15, 0.2) is 17.2 Å². The summed E-state index contributed by atoms with van der Waals surface area (Å²) in [5.74, 6) is 0.832. The largest absolute Gasteiger partial charge is 0.494 e. The summed E-state index contributed by atoms with van der Waals surface area (Å²) in [6, 6.07) is 12.1. The highest BCUT2D eigenvalue weighted by Gasteiger charge is 2.29. The molecule has 2 aliphatic heterocycles. The monoisotopic (exact) mass is 546 g/mol. The minimum atomic E-state index is -0.558. The first-order chi connectivity index (χ1) is 19.5. The Kier molecular flexibility index (Phi) is 7.25. The number of likely N-dealkylation sites (tertiary alicyclic amines) is 1. The van der Waals surface area contributed by atoms with Gasteiger partial charge in [-0.15, -0.1) is 0 Å². The number of methoxy groups -OCH3 is 1. The Labute approximate surface area is 231 Å². The minimum absolute atomic E-state index is 0.00267. The van der Waals surface area contributed by atoms with Gasteiger partial charge in [-0.3, -0.25) is 14.5 Å². The van der Waals surface area contributed by atoms with Crippen molar-refractivity contribution in [2.24, 2.45) is 0 Å². The van der Waals surface area contributed by atoms with Crippen LogP contribution in [0.3, 0.4) is 0 Å². The fraction of sp³-hybridized carbons (Fsp3) is 0.367. The summed E-state index contributed by atoms with van der Waals surface area (Å²) in [7, 11) is 1.41. The van der Waals surface area contributed by atoms with E-state index in [9.17, 15) is 9.18 Å². The van der Waals surface area contributed by atoms with Gasteiger partial charge < -0.3 is 23.8 Å². The molecule has 208 valence electrons. The van der Waals surface area contributed by atoms with E-state index < -0.39 is 5.82 Å². The average molecular weight is 547 g/mol. The van der Waals surface area contributed by atoms with Gasteiger partial charge in [-0.05, 0) is 49.2 Å². The Bertz CT molecular complexity index is 1520. The molecule has 10 heteroatoms. The number of rotatable bonds is 7. The molecule has 0 spiro atoms. The van der Waals surface area contributed by atoms with Crippen molar-refractivity contribution < 1.29 is 28.1 Å². The molecule has 40 heavy (non-hydrogen) atoms. The summed E-state index contributed by atoms with van der Waals surface area (Å²) in [6.07, 6.45) is 6.09. The van der Waals surface area contributed by atoms with Crippen LogP contribution in [0.5, 0.6) is 23.0 Å². The quantitative estimate of drug-likeness (QED) is 0.307. The van der Waals surface area contributed by atoms with Gasteiger partial charge in [0.1, 0.15) is 23.1 Å². The second-order valence-electron chi connectivity index (χ2n) is 10.1. The van der Waals surface area contributed by atoms with Crippen molar-refractivity contribution in [1.82, 2.24) is 19.7 Å². The molecule has 1 unspecified atom stereocenters. The number of piperidine rings is 1. The fourth-order valence-electron chi connectivity index (χ4n) is 5.38. The van der Waals surface area contributed by atoms with Crippen molar-refractivity contribution >= 4 is 16.8 Å². The van der Waals surface area contributed by atoms with Crippen molar-refractivity contribution in [3.8, 4) is 34.3 Å². The van der Waals surface area contributed by atoms with Crippen LogP contribution in [-0.4, -0.2) is 65.1 Å². The lowest BCUT2D eigenvalue weighted by molar-refractivity contribution is -0.130. The number of amides is 1. The summed E-state index contributed by atoms with van der Waals surface area (Å²) in [5, 5.41) is 5.92. The molecule has 0 radical (unpaired) electrons. The number of carbonyl (C=O) groups is 1. The number of benzene rings is 2. The molecule has 9 nitrogen and oxygen atoms in total. The molecular weight excluding hydrogens is 515 g/mol. The maximum Gasteiger partial charge on any atom is 0.219 e. The van der Waals surface area contributed by atoms with E-state index in [0.717, 1.165) is 48.0 Å². The molecule has 2 aliphatic rings. The first kappa shape index (κ1) is 26.1. The number of halogens is 1. The smallest absolute Gasteiger partial charge is 0.219 e. The fourth-order valence-corrected chi connectivity index (χ4v) is 5.38. The third-order valence-corrected chi connectivity index (χ3v) is 7.45. The van der Waals surface area contributed by atoms with E-state index in [1.165, 1.54) is 7.11 Å². The lowest BCUT2D eigenvalue weighted by Crippen LogP contribution is -2.39. The maximum absolute atomic E-state index is 14.6. The molecule has 6 rings (SSSR count). The molecule has 2 saturated heterocycles. The van der Waals surface area contributed by atoms with Crippen LogP contribution in [0.1, 0.15) is 32.2 Å². The molecule has 0 bridgehead atoms. The van der Waals surface area contributed by atoms with Crippen LogP contribution in [0.4, 0.5) is 4.39 Å². The lowest BCUT2D eigenvalue weighted by atomic mass is 10.1. The molecule has 0 saturated carbocycles. The number of aromatic nitrogens is 3. The SMILES string of the molecule is COc1cccc(Oc2ccc(-c3nn([C@@H]4CCCN(C(C)=O)C4)c4c(OC5CCOC5)cncc34)cc2)c1F. The molecule has 4 aromatic rings. The number of ether oxygens (including phenoxy) is 4. The first-order valence-corrected chi connectivity index (χ1v) is 13.5. The number of hydrogen-bond donors (Lipinski definition) is 0. The highest BCUT2D eigenvalue weighted by molar-refractivity contribution is 5.96. The van der Waals surface area contributed by atoms with Crippen LogP contribution in [0.2, 0.25) is 0 Å². The van der Waals surface area contributed by atoms with Crippen molar-refractivity contribution in [2.75, 3.05) is 33.4 Å². The van der Waals surface area contributed by atoms with Gasteiger partial charge in [-0.1, -0.05) is 6.07 Å². The van der Waals surface area contributed by atoms with E-state index in [4.69, 9.17) is 24.0 Å². The molecule has 2 fully saturated rings. The molecule has 1 amide bonds. The molecule has 0 N–H and O–H groups in total. The minimum Gasteiger partial charge on any atom is -0.494 e. The summed E-state index contributed by atoms with van der Waals surface area (Å²) in [6.45, 7) is 4.14. The Balaban J connectivity index is 1.37. The van der Waals surface area contributed by atoms with E-state index in [2.05, 4.69) is 4.98 Å². The van der Waals surface area contributed by atoms with Crippen LogP contribution >= 0.6 is 0 Å². The van der Waals surface area contributed by atoms with Crippen molar-refractivity contribution in [3.05, 3.63) is 60.7 Å². The Morgan fingerprint density at radius 3 is 2.65 bits per heavy atom. The Morgan fingerprint density at radius 2 is 1.90 bits per heavy atom. The molecule has 2 aromatic carbocycles. The molecule has 2 atom stereocenters. The Hall–Kier alpha value is -4.18. The zero-order chi connectivity index (χ0) is 27.6. The number of nitrogens with zero attached hydrogens (tertiary/aromatic N) is 4. The van der Waals surface area contributed by atoms with E-state index in [-0.39, 0.29) is 29.6 Å². The highest BCUT2D eigenvalue weighted by atomic mass is 19.1. The predicted molar refractivity (Wildman–Crippen MR) is 146 cm³/mol. The number of fused-ring (bicyclic) bond motifs is 1. The van der Waals surface area contributed by atoms with Gasteiger partial charge in [0.2, 0.25) is 11.7 Å². The summed E-state index contributed by atoms with van der Waals surface area (Å²) < 4.78 is 39.3. The van der Waals surface area contributed by atoms with Gasteiger partial charge in [-0.2, -0.15) is 9.49 Å². The molecule has 4 heterocycles. The predicted octanol–water partition coefficient (Wildman–Crippen LogP) is 5.39. The zero-order valence-corrected chi connectivity index (χ0v) is 22.5. The maximum atomic E-state index is 14.6. The normalized spacial score (nSPS) is 19.1. The van der Waals surface area contributed by atoms with Gasteiger partial charge in [0.25, 0.3) is 0 Å². The van der Waals surface area contributed by atoms with Gasteiger partial charge in [0, 0.05) is 38.2 Å². The lowest BCUT2D eigenvalue weighted by Gasteiger charge is -2.32. The molecule has 0 aliphatic carbocycles. The first-order valence-electron chi connectivity index (χ1n) is 13.5. The van der Waals surface area contributed by atoms with Crippen LogP contribution in [0.15, 0.2) is 54.9 Å². The summed E-state index contributed by atoms with van der Waals surface area (Å²) in [5.41, 5.74) is 2.45. The van der Waals surface area contributed by atoms with Crippen molar-refractivity contribution in [2.45, 2.75) is 38.3 Å². The standard InChI is InChI=1S/C30H31FN4O5/c1-19(36)34-13-4-5-21(17-34)35-30-24(15-32-16-27(30)40-23-12-14-38-18-23)29(33-35)20-8-10-22(11-9-20)39-26-7-3-6-25(37-2)28(26)31/h3,6-11,15-16,21,23H,4-5,12-14,17-18H2,1-2H3/t21-,23?/m1/s1. The van der Waals surface area contributed by atoms with Crippen molar-refractivity contribution in [3.63, 3.8) is 0 Å². The number of pyridine rings is 1. The van der Waals surface area contributed by atoms with E-state index in [1.807, 2.05) is 21.7 Å². The van der Waals surface area contributed by atoms with E-state index in [1.54, 1.807) is 49.6 Å². The Morgan fingerprint density at radius 1 is 1.07 bits per heavy atom. The second-order valence-corrected chi connectivity index (χ2v) is 10.1. The average Bonchev–Trinajstić information content (AvgIpc) is 3.63. The van der Waals surface area contributed by atoms with Crippen molar-refractivity contribution in [1.29, 1.82) is 0 Å². The highest BCUT2D eigenvalue weighted by Crippen LogP contribution is 2.38. The van der Waals surface area contributed by atoms with Crippen LogP contribution in [0.25, 0.3) is 22.2 Å². The second kappa shape index (κ2) is 11.1. The number of carbonyl (C=O) groups excluding carboxylic acids is 1. The van der Waals surface area contributed by atoms with Crippen LogP contribution in [0, 0.1) is 5.82 Å². The third kappa shape index (κ3) is 5.06. The van der Waals surface area contributed by atoms with E-state index in [0.29, 0.717) is 31.3 Å². The summed E-state index contributed by atoms with van der Waals surface area (Å²) in [4.78, 5) is 18.5. The molecule has 2 aromatic heterocycles. The van der Waals surface area contributed by atoms with E-state index >= 15 is 0 Å². The molecular formula is C30H31FN4O5. The summed E-state index contributed by atoms with van der Waals surface area (Å²) >= 11 is 0. The number of hydrogen-bond acceptors (Lipinski definition) is 7. The topological polar surface area (TPSA) is 87.9 Å². The van der Waals surface area contributed by atoms with Crippen LogP contribution in [-0.2, 0) is 9.53 Å². The third-order valence-electron chi connectivity index (χ3n) is 7.45. The van der Waals surface area contributed by atoms with Gasteiger partial charge >= 0.3 is 0 Å². The van der Waals surface area contributed by atoms with Gasteiger partial charge in [0.05, 0.1) is 37.9 Å². The zero-order valence-electron chi connectivity index (χ0n) is 22.5. The van der Waals surface area contributed by atoms with Crippen LogP contribution < -0.4 is 14.2 Å².